The summed E-state index contributed by atoms with van der Waals surface area (Å²) >= 11 is 0. The molecular weight excluding hydrogens is 469 g/mol. The van der Waals surface area contributed by atoms with E-state index < -0.39 is 0 Å². The van der Waals surface area contributed by atoms with Crippen LogP contribution in [0.15, 0.2) is 4.99 Å². The van der Waals surface area contributed by atoms with E-state index in [0.29, 0.717) is 18.5 Å². The van der Waals surface area contributed by atoms with Crippen LogP contribution < -0.4 is 5.32 Å². The SMILES string of the molecule is CN=C(NCC1CN(C)CCN1C)N1CCN(CC(=O)N2CCCC2)CC1.I. The Bertz CT molecular complexity index is 518. The summed E-state index contributed by atoms with van der Waals surface area (Å²) < 4.78 is 0. The second kappa shape index (κ2) is 11.5. The fourth-order valence-electron chi connectivity index (χ4n) is 4.24. The Morgan fingerprint density at radius 2 is 1.64 bits per heavy atom. The van der Waals surface area contributed by atoms with E-state index in [1.54, 1.807) is 0 Å². The summed E-state index contributed by atoms with van der Waals surface area (Å²) in [5, 5.41) is 3.57. The van der Waals surface area contributed by atoms with Gasteiger partial charge in [0.15, 0.2) is 5.96 Å². The number of hydrogen-bond acceptors (Lipinski definition) is 5. The molecule has 0 saturated carbocycles. The molecule has 0 aromatic heterocycles. The number of piperazine rings is 2. The van der Waals surface area contributed by atoms with Crippen molar-refractivity contribution in [2.45, 2.75) is 18.9 Å². The second-order valence-electron chi connectivity index (χ2n) is 8.18. The molecular formula is C19H38IN7O. The number of nitrogens with one attached hydrogen (secondary N) is 1. The maximum absolute atomic E-state index is 12.3. The Hall–Kier alpha value is -0.650. The lowest BCUT2D eigenvalue weighted by atomic mass is 10.2. The van der Waals surface area contributed by atoms with E-state index in [2.05, 4.69) is 44.0 Å². The van der Waals surface area contributed by atoms with Crippen molar-refractivity contribution in [2.24, 2.45) is 4.99 Å². The van der Waals surface area contributed by atoms with Gasteiger partial charge in [0.05, 0.1) is 6.54 Å². The van der Waals surface area contributed by atoms with Crippen molar-refractivity contribution in [3.63, 3.8) is 0 Å². The summed E-state index contributed by atoms with van der Waals surface area (Å²) in [6, 6.07) is 0.514. The quantitative estimate of drug-likeness (QED) is 0.320. The molecule has 0 aromatic carbocycles. The first-order chi connectivity index (χ1) is 13.1. The summed E-state index contributed by atoms with van der Waals surface area (Å²) in [7, 11) is 6.26. The van der Waals surface area contributed by atoms with Crippen LogP contribution in [-0.2, 0) is 4.79 Å². The normalized spacial score (nSPS) is 25.7. The van der Waals surface area contributed by atoms with Crippen molar-refractivity contribution in [2.75, 3.05) is 93.1 Å². The predicted molar refractivity (Wildman–Crippen MR) is 125 cm³/mol. The van der Waals surface area contributed by atoms with Gasteiger partial charge in [-0.1, -0.05) is 0 Å². The van der Waals surface area contributed by atoms with Crippen LogP contribution in [0.3, 0.4) is 0 Å². The minimum absolute atomic E-state index is 0. The number of halogens is 1. The first-order valence-electron chi connectivity index (χ1n) is 10.4. The molecule has 1 unspecified atom stereocenters. The maximum Gasteiger partial charge on any atom is 0.236 e. The van der Waals surface area contributed by atoms with Crippen LogP contribution in [-0.4, -0.2) is 136 Å². The van der Waals surface area contributed by atoms with E-state index in [9.17, 15) is 4.79 Å². The smallest absolute Gasteiger partial charge is 0.236 e. The molecule has 162 valence electrons. The van der Waals surface area contributed by atoms with Crippen molar-refractivity contribution in [3.05, 3.63) is 0 Å². The van der Waals surface area contributed by atoms with E-state index in [1.165, 1.54) is 0 Å². The van der Waals surface area contributed by atoms with Gasteiger partial charge in [-0.2, -0.15) is 0 Å². The van der Waals surface area contributed by atoms with Crippen LogP contribution in [0.25, 0.3) is 0 Å². The zero-order valence-corrected chi connectivity index (χ0v) is 20.1. The van der Waals surface area contributed by atoms with Gasteiger partial charge in [0.1, 0.15) is 0 Å². The zero-order valence-electron chi connectivity index (χ0n) is 17.8. The van der Waals surface area contributed by atoms with E-state index in [1.807, 2.05) is 11.9 Å². The van der Waals surface area contributed by atoms with Gasteiger partial charge >= 0.3 is 0 Å². The van der Waals surface area contributed by atoms with Gasteiger partial charge in [-0.25, -0.2) is 0 Å². The molecule has 1 N–H and O–H groups in total. The molecule has 0 radical (unpaired) electrons. The number of amides is 1. The van der Waals surface area contributed by atoms with Crippen LogP contribution in [0.1, 0.15) is 12.8 Å². The lowest BCUT2D eigenvalue weighted by molar-refractivity contribution is -0.131. The minimum atomic E-state index is 0. The standard InChI is InChI=1S/C19H37N7O.HI/c1-20-19(21-14-17-15-22(2)8-9-23(17)3)26-12-10-24(11-13-26)16-18(27)25-6-4-5-7-25;/h17H,4-16H2,1-3H3,(H,20,21);1H. The number of carbonyl (C=O) groups is 1. The van der Waals surface area contributed by atoms with Gasteiger partial charge in [-0.05, 0) is 26.9 Å². The second-order valence-corrected chi connectivity index (χ2v) is 8.18. The number of nitrogens with zero attached hydrogens (tertiary/aromatic N) is 6. The van der Waals surface area contributed by atoms with E-state index in [0.717, 1.165) is 84.2 Å². The molecule has 1 atom stereocenters. The lowest BCUT2D eigenvalue weighted by Crippen LogP contribution is -2.58. The third-order valence-electron chi connectivity index (χ3n) is 6.18. The number of likely N-dealkylation sites (tertiary alicyclic amines) is 1. The molecule has 3 heterocycles. The van der Waals surface area contributed by atoms with Gasteiger partial charge in [0.2, 0.25) is 5.91 Å². The number of aliphatic imine (C=N–C) groups is 1. The van der Waals surface area contributed by atoms with Crippen LogP contribution in [0, 0.1) is 0 Å². The average Bonchev–Trinajstić information content (AvgIpc) is 3.21. The Morgan fingerprint density at radius 1 is 0.964 bits per heavy atom. The van der Waals surface area contributed by atoms with Crippen LogP contribution >= 0.6 is 24.0 Å². The molecule has 0 aromatic rings. The first kappa shape index (κ1) is 23.6. The number of guanidine groups is 1. The summed E-state index contributed by atoms with van der Waals surface area (Å²) in [4.78, 5) is 28.3. The Kier molecular flexibility index (Phi) is 9.72. The fourth-order valence-corrected chi connectivity index (χ4v) is 4.24. The van der Waals surface area contributed by atoms with Crippen molar-refractivity contribution in [1.82, 2.24) is 29.8 Å². The number of likely N-dealkylation sites (N-methyl/N-ethyl adjacent to an activating group) is 2. The molecule has 3 aliphatic heterocycles. The third-order valence-corrected chi connectivity index (χ3v) is 6.18. The maximum atomic E-state index is 12.3. The molecule has 28 heavy (non-hydrogen) atoms. The van der Waals surface area contributed by atoms with Crippen LogP contribution in [0.2, 0.25) is 0 Å². The highest BCUT2D eigenvalue weighted by molar-refractivity contribution is 14.0. The highest BCUT2D eigenvalue weighted by Crippen LogP contribution is 2.10. The summed E-state index contributed by atoms with van der Waals surface area (Å²) in [6.07, 6.45) is 2.32. The van der Waals surface area contributed by atoms with Gasteiger partial charge in [-0.15, -0.1) is 24.0 Å². The monoisotopic (exact) mass is 507 g/mol. The van der Waals surface area contributed by atoms with Crippen molar-refractivity contribution in [3.8, 4) is 0 Å². The molecule has 3 saturated heterocycles. The Labute approximate surface area is 187 Å². The topological polar surface area (TPSA) is 57.7 Å². The molecule has 1 amide bonds. The number of rotatable bonds is 4. The molecule has 3 fully saturated rings. The average molecular weight is 507 g/mol. The Balaban J connectivity index is 0.00000280. The molecule has 8 nitrogen and oxygen atoms in total. The predicted octanol–water partition coefficient (Wildman–Crippen LogP) is -0.334. The van der Waals surface area contributed by atoms with Gasteiger partial charge in [-0.3, -0.25) is 19.6 Å². The number of hydrogen-bond donors (Lipinski definition) is 1. The number of carbonyl (C=O) groups excluding carboxylic acids is 1. The highest BCUT2D eigenvalue weighted by Gasteiger charge is 2.26. The molecule has 9 heteroatoms. The van der Waals surface area contributed by atoms with Crippen LogP contribution in [0.4, 0.5) is 0 Å². The van der Waals surface area contributed by atoms with Crippen molar-refractivity contribution >= 4 is 35.8 Å². The van der Waals surface area contributed by atoms with E-state index >= 15 is 0 Å². The molecule has 0 bridgehead atoms. The third kappa shape index (κ3) is 6.43. The highest BCUT2D eigenvalue weighted by atomic mass is 127. The summed E-state index contributed by atoms with van der Waals surface area (Å²) in [5.74, 6) is 1.29. The fraction of sp³-hybridized carbons (Fsp3) is 0.895. The lowest BCUT2D eigenvalue weighted by Gasteiger charge is -2.40. The van der Waals surface area contributed by atoms with E-state index in [-0.39, 0.29) is 24.0 Å². The molecule has 0 aliphatic carbocycles. The first-order valence-corrected chi connectivity index (χ1v) is 10.4. The summed E-state index contributed by atoms with van der Waals surface area (Å²) in [5.41, 5.74) is 0. The largest absolute Gasteiger partial charge is 0.355 e. The Morgan fingerprint density at radius 3 is 2.29 bits per heavy atom. The van der Waals surface area contributed by atoms with E-state index in [4.69, 9.17) is 0 Å². The van der Waals surface area contributed by atoms with Crippen molar-refractivity contribution in [1.29, 1.82) is 0 Å². The zero-order chi connectivity index (χ0) is 19.2. The van der Waals surface area contributed by atoms with Gasteiger partial charge in [0.25, 0.3) is 0 Å². The molecule has 0 spiro atoms. The molecule has 3 aliphatic rings. The molecule has 3 rings (SSSR count). The van der Waals surface area contributed by atoms with Crippen molar-refractivity contribution < 1.29 is 4.79 Å². The minimum Gasteiger partial charge on any atom is -0.355 e. The van der Waals surface area contributed by atoms with Gasteiger partial charge < -0.3 is 20.0 Å². The summed E-state index contributed by atoms with van der Waals surface area (Å²) in [6.45, 7) is 10.4. The van der Waals surface area contributed by atoms with Crippen LogP contribution in [0.5, 0.6) is 0 Å². The van der Waals surface area contributed by atoms with Gasteiger partial charge in [0, 0.05) is 78.5 Å².